The van der Waals surface area contributed by atoms with Crippen molar-refractivity contribution in [3.8, 4) is 0 Å². The number of carbonyl (C=O) groups is 2. The Kier molecular flexibility index (Phi) is 2.08. The Labute approximate surface area is 87.1 Å². The third-order valence-electron chi connectivity index (χ3n) is 2.55. The van der Waals surface area contributed by atoms with Gasteiger partial charge in [0, 0.05) is 0 Å². The number of rotatable bonds is 1. The van der Waals surface area contributed by atoms with Gasteiger partial charge in [-0.25, -0.2) is 0 Å². The smallest absolute Gasteiger partial charge is 0.278 e. The molecule has 0 saturated heterocycles. The van der Waals surface area contributed by atoms with Gasteiger partial charge in [-0.05, 0) is 17.5 Å². The Hall–Kier alpha value is -1.68. The second kappa shape index (κ2) is 3.17. The quantitative estimate of drug-likeness (QED) is 0.561. The maximum absolute atomic E-state index is 11.6. The van der Waals surface area contributed by atoms with E-state index in [4.69, 9.17) is 0 Å². The van der Waals surface area contributed by atoms with Gasteiger partial charge in [0.2, 0.25) is 0 Å². The SMILES string of the molecule is CC(C)c1cccc2c1C(=O)N(O)C2=O. The Morgan fingerprint density at radius 2 is 1.87 bits per heavy atom. The number of fused-ring (bicyclic) bond motifs is 1. The molecule has 78 valence electrons. The van der Waals surface area contributed by atoms with Crippen LogP contribution in [0.1, 0.15) is 46.0 Å². The molecule has 15 heavy (non-hydrogen) atoms. The lowest BCUT2D eigenvalue weighted by Crippen LogP contribution is -2.25. The van der Waals surface area contributed by atoms with E-state index in [1.54, 1.807) is 18.2 Å². The number of carbonyl (C=O) groups excluding carboxylic acids is 2. The maximum atomic E-state index is 11.6. The Balaban J connectivity index is 2.69. The third kappa shape index (κ3) is 1.26. The summed E-state index contributed by atoms with van der Waals surface area (Å²) >= 11 is 0. The van der Waals surface area contributed by atoms with Crippen molar-refractivity contribution in [2.75, 3.05) is 0 Å². The van der Waals surface area contributed by atoms with Gasteiger partial charge in [-0.2, -0.15) is 0 Å². The number of imide groups is 1. The highest BCUT2D eigenvalue weighted by molar-refractivity contribution is 6.21. The molecule has 0 aliphatic carbocycles. The summed E-state index contributed by atoms with van der Waals surface area (Å²) in [5.41, 5.74) is 1.41. The first-order chi connectivity index (χ1) is 7.04. The number of nitrogens with zero attached hydrogens (tertiary/aromatic N) is 1. The summed E-state index contributed by atoms with van der Waals surface area (Å²) < 4.78 is 0. The average molecular weight is 205 g/mol. The number of hydrogen-bond donors (Lipinski definition) is 1. The molecule has 2 amide bonds. The van der Waals surface area contributed by atoms with E-state index < -0.39 is 11.8 Å². The molecule has 0 atom stereocenters. The van der Waals surface area contributed by atoms with Gasteiger partial charge in [0.15, 0.2) is 0 Å². The second-order valence-electron chi connectivity index (χ2n) is 3.85. The lowest BCUT2D eigenvalue weighted by atomic mass is 9.94. The van der Waals surface area contributed by atoms with Crippen molar-refractivity contribution < 1.29 is 14.8 Å². The van der Waals surface area contributed by atoms with E-state index in [2.05, 4.69) is 0 Å². The van der Waals surface area contributed by atoms with Crippen molar-refractivity contribution in [1.82, 2.24) is 5.06 Å². The highest BCUT2D eigenvalue weighted by Crippen LogP contribution is 2.29. The van der Waals surface area contributed by atoms with Crippen LogP contribution in [0.2, 0.25) is 0 Å². The molecular formula is C11H11NO3. The third-order valence-corrected chi connectivity index (χ3v) is 2.55. The van der Waals surface area contributed by atoms with Crippen LogP contribution in [-0.4, -0.2) is 22.1 Å². The van der Waals surface area contributed by atoms with Crippen LogP contribution in [0.5, 0.6) is 0 Å². The van der Waals surface area contributed by atoms with Crippen LogP contribution in [0.25, 0.3) is 0 Å². The first-order valence-electron chi connectivity index (χ1n) is 4.74. The van der Waals surface area contributed by atoms with Crippen LogP contribution in [-0.2, 0) is 0 Å². The Morgan fingerprint density at radius 3 is 2.47 bits per heavy atom. The molecule has 1 aromatic rings. The number of hydroxylamine groups is 2. The van der Waals surface area contributed by atoms with Crippen LogP contribution in [0, 0.1) is 0 Å². The van der Waals surface area contributed by atoms with Crippen molar-refractivity contribution >= 4 is 11.8 Å². The molecule has 0 unspecified atom stereocenters. The van der Waals surface area contributed by atoms with E-state index in [9.17, 15) is 14.8 Å². The van der Waals surface area contributed by atoms with Crippen LogP contribution >= 0.6 is 0 Å². The highest BCUT2D eigenvalue weighted by Gasteiger charge is 2.36. The standard InChI is InChI=1S/C11H11NO3/c1-6(2)7-4-3-5-8-9(7)11(14)12(15)10(8)13/h3-6,15H,1-2H3. The van der Waals surface area contributed by atoms with Gasteiger partial charge in [0.1, 0.15) is 0 Å². The van der Waals surface area contributed by atoms with Gasteiger partial charge >= 0.3 is 0 Å². The lowest BCUT2D eigenvalue weighted by molar-refractivity contribution is -0.0327. The van der Waals surface area contributed by atoms with Crippen molar-refractivity contribution in [2.45, 2.75) is 19.8 Å². The van der Waals surface area contributed by atoms with Crippen molar-refractivity contribution in [3.05, 3.63) is 34.9 Å². The van der Waals surface area contributed by atoms with Gasteiger partial charge in [0.05, 0.1) is 11.1 Å². The minimum absolute atomic E-state index is 0.142. The second-order valence-corrected chi connectivity index (χ2v) is 3.85. The molecule has 0 spiro atoms. The summed E-state index contributed by atoms with van der Waals surface area (Å²) in [6, 6.07) is 5.07. The van der Waals surface area contributed by atoms with Crippen LogP contribution < -0.4 is 0 Å². The van der Waals surface area contributed by atoms with E-state index in [0.29, 0.717) is 5.56 Å². The molecule has 1 aromatic carbocycles. The number of amides is 2. The van der Waals surface area contributed by atoms with Gasteiger partial charge in [-0.15, -0.1) is 5.06 Å². The van der Waals surface area contributed by atoms with E-state index in [0.717, 1.165) is 5.56 Å². The molecule has 1 aliphatic rings. The van der Waals surface area contributed by atoms with Crippen LogP contribution in [0.15, 0.2) is 18.2 Å². The van der Waals surface area contributed by atoms with Crippen molar-refractivity contribution in [3.63, 3.8) is 0 Å². The van der Waals surface area contributed by atoms with Gasteiger partial charge in [-0.1, -0.05) is 26.0 Å². The predicted octanol–water partition coefficient (Wildman–Crippen LogP) is 1.80. The zero-order valence-corrected chi connectivity index (χ0v) is 8.52. The summed E-state index contributed by atoms with van der Waals surface area (Å²) in [5.74, 6) is -1.12. The fraction of sp³-hybridized carbons (Fsp3) is 0.273. The molecular weight excluding hydrogens is 194 g/mol. The molecule has 1 aliphatic heterocycles. The summed E-state index contributed by atoms with van der Waals surface area (Å²) in [4.78, 5) is 23.0. The van der Waals surface area contributed by atoms with E-state index in [1.807, 2.05) is 13.8 Å². The summed E-state index contributed by atoms with van der Waals surface area (Å²) in [6.07, 6.45) is 0. The fourth-order valence-electron chi connectivity index (χ4n) is 1.78. The molecule has 0 bridgehead atoms. The Bertz CT molecular complexity index is 451. The number of benzene rings is 1. The average Bonchev–Trinajstić information content (AvgIpc) is 2.44. The minimum Gasteiger partial charge on any atom is -0.278 e. The Morgan fingerprint density at radius 1 is 1.20 bits per heavy atom. The first kappa shape index (κ1) is 9.86. The first-order valence-corrected chi connectivity index (χ1v) is 4.74. The molecule has 0 saturated carbocycles. The molecule has 2 rings (SSSR count). The highest BCUT2D eigenvalue weighted by atomic mass is 16.5. The van der Waals surface area contributed by atoms with Gasteiger partial charge in [0.25, 0.3) is 11.8 Å². The topological polar surface area (TPSA) is 57.6 Å². The van der Waals surface area contributed by atoms with Gasteiger partial charge in [-0.3, -0.25) is 14.8 Å². The molecule has 1 heterocycles. The van der Waals surface area contributed by atoms with Crippen LogP contribution in [0.4, 0.5) is 0 Å². The molecule has 4 heteroatoms. The number of hydrogen-bond acceptors (Lipinski definition) is 3. The summed E-state index contributed by atoms with van der Waals surface area (Å²) in [7, 11) is 0. The molecule has 0 radical (unpaired) electrons. The van der Waals surface area contributed by atoms with Gasteiger partial charge < -0.3 is 0 Å². The summed E-state index contributed by atoms with van der Waals surface area (Å²) in [6.45, 7) is 3.88. The van der Waals surface area contributed by atoms with Crippen molar-refractivity contribution in [2.24, 2.45) is 0 Å². The molecule has 0 fully saturated rings. The monoisotopic (exact) mass is 205 g/mol. The maximum Gasteiger partial charge on any atom is 0.285 e. The molecule has 4 nitrogen and oxygen atoms in total. The zero-order chi connectivity index (χ0) is 11.2. The van der Waals surface area contributed by atoms with Crippen molar-refractivity contribution in [1.29, 1.82) is 0 Å². The zero-order valence-electron chi connectivity index (χ0n) is 8.52. The van der Waals surface area contributed by atoms with E-state index in [1.165, 1.54) is 0 Å². The fourth-order valence-corrected chi connectivity index (χ4v) is 1.78. The normalized spacial score (nSPS) is 15.1. The summed E-state index contributed by atoms with van der Waals surface area (Å²) in [5, 5.41) is 9.41. The lowest BCUT2D eigenvalue weighted by Gasteiger charge is -2.08. The van der Waals surface area contributed by atoms with E-state index >= 15 is 0 Å². The molecule has 1 N–H and O–H groups in total. The van der Waals surface area contributed by atoms with Crippen LogP contribution in [0.3, 0.4) is 0 Å². The van der Waals surface area contributed by atoms with E-state index in [-0.39, 0.29) is 16.5 Å². The molecule has 0 aromatic heterocycles. The minimum atomic E-state index is -0.641. The largest absolute Gasteiger partial charge is 0.285 e. The predicted molar refractivity (Wildman–Crippen MR) is 52.8 cm³/mol.